The van der Waals surface area contributed by atoms with Gasteiger partial charge in [0, 0.05) is 12.7 Å². The summed E-state index contributed by atoms with van der Waals surface area (Å²) in [5, 5.41) is 3.73. The van der Waals surface area contributed by atoms with E-state index in [4.69, 9.17) is 5.73 Å². The van der Waals surface area contributed by atoms with E-state index in [1.807, 2.05) is 0 Å². The standard InChI is InChI=1S/C7H11F2N3/c1-2-12-6(3-4-11-12)7(8,9)5-10/h3-4H,2,5,10H2,1H3. The Bertz CT molecular complexity index is 257. The van der Waals surface area contributed by atoms with Gasteiger partial charge < -0.3 is 5.73 Å². The third kappa shape index (κ3) is 1.45. The van der Waals surface area contributed by atoms with Gasteiger partial charge in [0.15, 0.2) is 0 Å². The van der Waals surface area contributed by atoms with E-state index < -0.39 is 12.5 Å². The van der Waals surface area contributed by atoms with Gasteiger partial charge in [0.2, 0.25) is 0 Å². The van der Waals surface area contributed by atoms with Gasteiger partial charge in [0.05, 0.1) is 6.54 Å². The second-order valence-corrected chi connectivity index (χ2v) is 2.44. The molecule has 0 bridgehead atoms. The molecule has 0 aromatic carbocycles. The van der Waals surface area contributed by atoms with E-state index in [1.165, 1.54) is 16.9 Å². The highest BCUT2D eigenvalue weighted by molar-refractivity contribution is 5.08. The van der Waals surface area contributed by atoms with Gasteiger partial charge >= 0.3 is 5.92 Å². The smallest absolute Gasteiger partial charge is 0.301 e. The minimum Gasteiger partial charge on any atom is -0.325 e. The van der Waals surface area contributed by atoms with Crippen LogP contribution < -0.4 is 5.73 Å². The Labute approximate surface area is 69.2 Å². The number of nitrogens with two attached hydrogens (primary N) is 1. The number of rotatable bonds is 3. The monoisotopic (exact) mass is 175 g/mol. The molecule has 0 saturated heterocycles. The van der Waals surface area contributed by atoms with E-state index in [2.05, 4.69) is 5.10 Å². The van der Waals surface area contributed by atoms with E-state index in [1.54, 1.807) is 6.92 Å². The van der Waals surface area contributed by atoms with Crippen molar-refractivity contribution < 1.29 is 8.78 Å². The van der Waals surface area contributed by atoms with Gasteiger partial charge in [-0.05, 0) is 13.0 Å². The lowest BCUT2D eigenvalue weighted by atomic mass is 10.2. The third-order valence-electron chi connectivity index (χ3n) is 1.65. The molecule has 1 aromatic rings. The number of aromatic nitrogens is 2. The van der Waals surface area contributed by atoms with Crippen LogP contribution in [0.5, 0.6) is 0 Å². The molecule has 0 spiro atoms. The first kappa shape index (κ1) is 9.12. The van der Waals surface area contributed by atoms with Crippen LogP contribution in [0.15, 0.2) is 12.3 Å². The van der Waals surface area contributed by atoms with Crippen molar-refractivity contribution in [2.75, 3.05) is 6.54 Å². The summed E-state index contributed by atoms with van der Waals surface area (Å²) in [6.07, 6.45) is 1.35. The zero-order valence-corrected chi connectivity index (χ0v) is 6.80. The van der Waals surface area contributed by atoms with Gasteiger partial charge in [-0.1, -0.05) is 0 Å². The Hall–Kier alpha value is -0.970. The Kier molecular flexibility index (Phi) is 2.42. The van der Waals surface area contributed by atoms with Crippen LogP contribution in [0, 0.1) is 0 Å². The first-order chi connectivity index (χ1) is 5.61. The van der Waals surface area contributed by atoms with Gasteiger partial charge in [-0.15, -0.1) is 0 Å². The molecule has 12 heavy (non-hydrogen) atoms. The molecule has 2 N–H and O–H groups in total. The van der Waals surface area contributed by atoms with E-state index in [-0.39, 0.29) is 5.69 Å². The fourth-order valence-electron chi connectivity index (χ4n) is 1.000. The SMILES string of the molecule is CCn1nccc1C(F)(F)CN. The maximum absolute atomic E-state index is 13.0. The van der Waals surface area contributed by atoms with Crippen LogP contribution >= 0.6 is 0 Å². The molecule has 0 aliphatic heterocycles. The second kappa shape index (κ2) is 3.18. The molecule has 1 rings (SSSR count). The lowest BCUT2D eigenvalue weighted by molar-refractivity contribution is -0.00321. The maximum atomic E-state index is 13.0. The molecule has 0 unspecified atom stereocenters. The van der Waals surface area contributed by atoms with Gasteiger partial charge in [0.1, 0.15) is 5.69 Å². The molecule has 1 heterocycles. The highest BCUT2D eigenvalue weighted by Crippen LogP contribution is 2.25. The molecule has 0 aliphatic rings. The molecular formula is C7H11F2N3. The quantitative estimate of drug-likeness (QED) is 0.743. The average Bonchev–Trinajstić information content (AvgIpc) is 2.52. The second-order valence-electron chi connectivity index (χ2n) is 2.44. The molecule has 0 atom stereocenters. The summed E-state index contributed by atoms with van der Waals surface area (Å²) < 4.78 is 27.2. The summed E-state index contributed by atoms with van der Waals surface area (Å²) in [7, 11) is 0. The summed E-state index contributed by atoms with van der Waals surface area (Å²) >= 11 is 0. The van der Waals surface area contributed by atoms with Crippen molar-refractivity contribution >= 4 is 0 Å². The number of halogens is 2. The Morgan fingerprint density at radius 1 is 1.67 bits per heavy atom. The number of nitrogens with zero attached hydrogens (tertiary/aromatic N) is 2. The average molecular weight is 175 g/mol. The minimum atomic E-state index is -2.97. The summed E-state index contributed by atoms with van der Waals surface area (Å²) in [6.45, 7) is 1.50. The fraction of sp³-hybridized carbons (Fsp3) is 0.571. The van der Waals surface area contributed by atoms with Crippen LogP contribution in [-0.2, 0) is 12.5 Å². The number of alkyl halides is 2. The molecule has 5 heteroatoms. The Morgan fingerprint density at radius 3 is 2.83 bits per heavy atom. The van der Waals surface area contributed by atoms with Crippen molar-refractivity contribution in [3.63, 3.8) is 0 Å². The summed E-state index contributed by atoms with van der Waals surface area (Å²) in [6, 6.07) is 1.29. The van der Waals surface area contributed by atoms with Gasteiger partial charge in [-0.25, -0.2) is 0 Å². The van der Waals surface area contributed by atoms with Gasteiger partial charge in [-0.2, -0.15) is 13.9 Å². The fourth-order valence-corrected chi connectivity index (χ4v) is 1.000. The van der Waals surface area contributed by atoms with Gasteiger partial charge in [-0.3, -0.25) is 4.68 Å². The number of hydrogen-bond donors (Lipinski definition) is 1. The van der Waals surface area contributed by atoms with Crippen LogP contribution in [0.4, 0.5) is 8.78 Å². The van der Waals surface area contributed by atoms with Crippen LogP contribution in [0.2, 0.25) is 0 Å². The summed E-state index contributed by atoms with van der Waals surface area (Å²) in [4.78, 5) is 0. The summed E-state index contributed by atoms with van der Waals surface area (Å²) in [5.74, 6) is -2.97. The lowest BCUT2D eigenvalue weighted by Gasteiger charge is -2.14. The molecule has 68 valence electrons. The molecule has 1 aromatic heterocycles. The van der Waals surface area contributed by atoms with Crippen LogP contribution in [0.25, 0.3) is 0 Å². The third-order valence-corrected chi connectivity index (χ3v) is 1.65. The zero-order chi connectivity index (χ0) is 9.19. The van der Waals surface area contributed by atoms with Crippen molar-refractivity contribution in [3.8, 4) is 0 Å². The van der Waals surface area contributed by atoms with E-state index >= 15 is 0 Å². The predicted octanol–water partition coefficient (Wildman–Crippen LogP) is 0.954. The van der Waals surface area contributed by atoms with Crippen LogP contribution in [0.3, 0.4) is 0 Å². The molecule has 0 amide bonds. The summed E-state index contributed by atoms with van der Waals surface area (Å²) in [5.41, 5.74) is 4.81. The van der Waals surface area contributed by atoms with Crippen molar-refractivity contribution in [1.29, 1.82) is 0 Å². The Balaban J connectivity index is 3.00. The molecule has 0 aliphatic carbocycles. The normalized spacial score (nSPS) is 12.0. The van der Waals surface area contributed by atoms with E-state index in [9.17, 15) is 8.78 Å². The Morgan fingerprint density at radius 2 is 2.33 bits per heavy atom. The number of hydrogen-bond acceptors (Lipinski definition) is 2. The molecule has 0 saturated carbocycles. The first-order valence-electron chi connectivity index (χ1n) is 3.72. The van der Waals surface area contributed by atoms with E-state index in [0.29, 0.717) is 6.54 Å². The van der Waals surface area contributed by atoms with Crippen molar-refractivity contribution in [1.82, 2.24) is 9.78 Å². The molecule has 3 nitrogen and oxygen atoms in total. The highest BCUT2D eigenvalue weighted by Gasteiger charge is 2.32. The highest BCUT2D eigenvalue weighted by atomic mass is 19.3. The minimum absolute atomic E-state index is 0.118. The predicted molar refractivity (Wildman–Crippen MR) is 40.8 cm³/mol. The maximum Gasteiger partial charge on any atom is 0.301 e. The van der Waals surface area contributed by atoms with Crippen LogP contribution in [-0.4, -0.2) is 16.3 Å². The van der Waals surface area contributed by atoms with Crippen molar-refractivity contribution in [2.45, 2.75) is 19.4 Å². The lowest BCUT2D eigenvalue weighted by Crippen LogP contribution is -2.28. The first-order valence-corrected chi connectivity index (χ1v) is 3.72. The topological polar surface area (TPSA) is 43.8 Å². The molecule has 0 fully saturated rings. The van der Waals surface area contributed by atoms with E-state index in [0.717, 1.165) is 0 Å². The van der Waals surface area contributed by atoms with Crippen LogP contribution in [0.1, 0.15) is 12.6 Å². The van der Waals surface area contributed by atoms with Gasteiger partial charge in [0.25, 0.3) is 0 Å². The van der Waals surface area contributed by atoms with Crippen molar-refractivity contribution in [3.05, 3.63) is 18.0 Å². The molecular weight excluding hydrogens is 164 g/mol. The zero-order valence-electron chi connectivity index (χ0n) is 6.80. The van der Waals surface area contributed by atoms with Crippen molar-refractivity contribution in [2.24, 2.45) is 5.73 Å². The largest absolute Gasteiger partial charge is 0.325 e. The number of aryl methyl sites for hydroxylation is 1. The molecule has 0 radical (unpaired) electrons.